The zero-order valence-electron chi connectivity index (χ0n) is 36.1. The second-order valence-corrected chi connectivity index (χ2v) is 14.6. The van der Waals surface area contributed by atoms with E-state index in [0.29, 0.717) is 0 Å². The molecule has 0 aromatic heterocycles. The molecular weight excluding hydrogens is 667 g/mol. The Morgan fingerprint density at radius 1 is 0.545 bits per heavy atom. The van der Waals surface area contributed by atoms with Crippen LogP contribution in [0.25, 0.3) is 17.2 Å². The summed E-state index contributed by atoms with van der Waals surface area (Å²) >= 11 is 0. The van der Waals surface area contributed by atoms with Crippen LogP contribution in [0.3, 0.4) is 0 Å². The van der Waals surface area contributed by atoms with E-state index in [9.17, 15) is 0 Å². The van der Waals surface area contributed by atoms with Gasteiger partial charge in [0.1, 0.15) is 0 Å². The highest BCUT2D eigenvalue weighted by molar-refractivity contribution is 5.81. The average Bonchev–Trinajstić information content (AvgIpc) is 3.19. The van der Waals surface area contributed by atoms with Crippen molar-refractivity contribution >= 4 is 34.3 Å². The fourth-order valence-electron chi connectivity index (χ4n) is 5.44. The van der Waals surface area contributed by atoms with E-state index in [0.717, 1.165) is 24.4 Å². The monoisotopic (exact) mass is 738 g/mol. The SMILES string of the molecule is C=C(C)c1ccc(NCc2ccc(C)cc2)cc1.CCCC.CCCCCNc1ccc(/C(C)=C/c2ccc(C)cc2C)cc1.CNc1ccc(C)c(C)c1. The largest absolute Gasteiger partial charge is 0.388 e. The van der Waals surface area contributed by atoms with Crippen LogP contribution in [0.2, 0.25) is 0 Å². The second kappa shape index (κ2) is 25.9. The Morgan fingerprint density at radius 2 is 1.11 bits per heavy atom. The molecule has 0 fully saturated rings. The molecule has 0 aliphatic rings. The van der Waals surface area contributed by atoms with Crippen LogP contribution in [-0.4, -0.2) is 13.6 Å². The molecule has 0 radical (unpaired) electrons. The number of unbranched alkanes of at least 4 members (excludes halogenated alkanes) is 3. The van der Waals surface area contributed by atoms with E-state index in [1.807, 2.05) is 14.0 Å². The summed E-state index contributed by atoms with van der Waals surface area (Å²) in [5, 5.41) is 10.0. The van der Waals surface area contributed by atoms with Gasteiger partial charge in [0.2, 0.25) is 0 Å². The molecule has 0 saturated carbocycles. The second-order valence-electron chi connectivity index (χ2n) is 14.6. The maximum absolute atomic E-state index is 3.94. The van der Waals surface area contributed by atoms with Crippen molar-refractivity contribution < 1.29 is 0 Å². The number of hydrogen-bond acceptors (Lipinski definition) is 3. The van der Waals surface area contributed by atoms with Gasteiger partial charge >= 0.3 is 0 Å². The molecule has 0 aliphatic heterocycles. The van der Waals surface area contributed by atoms with Crippen molar-refractivity contribution in [3.63, 3.8) is 0 Å². The van der Waals surface area contributed by atoms with Crippen molar-refractivity contribution in [2.24, 2.45) is 0 Å². The summed E-state index contributed by atoms with van der Waals surface area (Å²) in [4.78, 5) is 0. The summed E-state index contributed by atoms with van der Waals surface area (Å²) in [5.74, 6) is 0. The van der Waals surface area contributed by atoms with Crippen LogP contribution >= 0.6 is 0 Å². The molecule has 0 heterocycles. The molecule has 5 aromatic carbocycles. The molecule has 294 valence electrons. The molecule has 5 aromatic rings. The fraction of sp³-hybridized carbons (Fsp3) is 0.346. The molecule has 0 aliphatic carbocycles. The summed E-state index contributed by atoms with van der Waals surface area (Å²) < 4.78 is 0. The number of allylic oxidation sites excluding steroid dienone is 2. The molecular formula is C52H71N3. The van der Waals surface area contributed by atoms with E-state index < -0.39 is 0 Å². The number of aryl methyl sites for hydroxylation is 5. The first-order valence-corrected chi connectivity index (χ1v) is 20.3. The quantitative estimate of drug-likeness (QED) is 0.0832. The topological polar surface area (TPSA) is 36.1 Å². The van der Waals surface area contributed by atoms with Crippen LogP contribution < -0.4 is 16.0 Å². The standard InChI is InChI=1S/C22H29N.C17H19N.C9H13N.C4H10/c1-5-6-7-14-23-22-12-10-20(11-13-22)19(4)16-21-9-8-17(2)15-18(21)3;1-13(2)16-8-10-17(11-9-16)18-12-15-6-4-14(3)5-7-15;1-7-4-5-9(10-3)6-8(7)2;1-3-4-2/h8-13,15-16,23H,5-7,14H2,1-4H3;4-11,18H,1,12H2,2-3H3;4-6,10H,1-3H3;3-4H2,1-2H3/b19-16+;;;. The number of benzene rings is 5. The van der Waals surface area contributed by atoms with Gasteiger partial charge in [0.25, 0.3) is 0 Å². The first kappa shape index (κ1) is 46.1. The lowest BCUT2D eigenvalue weighted by Gasteiger charge is -2.09. The Morgan fingerprint density at radius 3 is 1.64 bits per heavy atom. The maximum Gasteiger partial charge on any atom is 0.0400 e. The smallest absolute Gasteiger partial charge is 0.0400 e. The van der Waals surface area contributed by atoms with Gasteiger partial charge < -0.3 is 16.0 Å². The van der Waals surface area contributed by atoms with Gasteiger partial charge in [-0.3, -0.25) is 0 Å². The van der Waals surface area contributed by atoms with Gasteiger partial charge in [-0.25, -0.2) is 0 Å². The Balaban J connectivity index is 0.000000288. The van der Waals surface area contributed by atoms with E-state index >= 15 is 0 Å². The van der Waals surface area contributed by atoms with Gasteiger partial charge in [-0.1, -0.05) is 149 Å². The molecule has 3 nitrogen and oxygen atoms in total. The normalized spacial score (nSPS) is 10.4. The highest BCUT2D eigenvalue weighted by Crippen LogP contribution is 2.22. The minimum absolute atomic E-state index is 0.854. The van der Waals surface area contributed by atoms with Gasteiger partial charge in [-0.2, -0.15) is 0 Å². The molecule has 55 heavy (non-hydrogen) atoms. The third kappa shape index (κ3) is 18.2. The minimum Gasteiger partial charge on any atom is -0.388 e. The van der Waals surface area contributed by atoms with Gasteiger partial charge in [0, 0.05) is 37.2 Å². The Hall–Kier alpha value is -5.02. The van der Waals surface area contributed by atoms with E-state index in [1.54, 1.807) is 0 Å². The Bertz CT molecular complexity index is 1840. The van der Waals surface area contributed by atoms with Crippen molar-refractivity contribution in [3.8, 4) is 0 Å². The van der Waals surface area contributed by atoms with Crippen LogP contribution in [0, 0.1) is 34.6 Å². The molecule has 0 unspecified atom stereocenters. The molecule has 0 spiro atoms. The lowest BCUT2D eigenvalue weighted by Crippen LogP contribution is -2.00. The summed E-state index contributed by atoms with van der Waals surface area (Å²) in [5.41, 5.74) is 17.6. The van der Waals surface area contributed by atoms with Crippen LogP contribution in [0.1, 0.15) is 117 Å². The van der Waals surface area contributed by atoms with Crippen molar-refractivity contribution in [2.75, 3.05) is 29.5 Å². The van der Waals surface area contributed by atoms with Crippen molar-refractivity contribution in [1.29, 1.82) is 0 Å². The number of nitrogens with one attached hydrogen (secondary N) is 3. The molecule has 0 amide bonds. The van der Waals surface area contributed by atoms with Gasteiger partial charge in [0.05, 0.1) is 0 Å². The number of anilines is 3. The Labute approximate surface area is 336 Å². The zero-order valence-corrected chi connectivity index (χ0v) is 36.1. The molecule has 3 heteroatoms. The van der Waals surface area contributed by atoms with Crippen molar-refractivity contribution in [2.45, 2.75) is 108 Å². The zero-order chi connectivity index (χ0) is 40.6. The predicted octanol–water partition coefficient (Wildman–Crippen LogP) is 15.3. The minimum atomic E-state index is 0.854. The van der Waals surface area contributed by atoms with Crippen LogP contribution in [0.4, 0.5) is 17.1 Å². The molecule has 0 saturated heterocycles. The summed E-state index contributed by atoms with van der Waals surface area (Å²) in [6.45, 7) is 27.3. The summed E-state index contributed by atoms with van der Waals surface area (Å²) in [6.07, 6.45) is 8.72. The van der Waals surface area contributed by atoms with Crippen LogP contribution in [0.5, 0.6) is 0 Å². The first-order chi connectivity index (χ1) is 26.4. The Kier molecular flexibility index (Phi) is 21.7. The fourth-order valence-corrected chi connectivity index (χ4v) is 5.44. The van der Waals surface area contributed by atoms with E-state index in [2.05, 4.69) is 200 Å². The van der Waals surface area contributed by atoms with Crippen LogP contribution in [-0.2, 0) is 6.54 Å². The maximum atomic E-state index is 3.94. The number of hydrogen-bond donors (Lipinski definition) is 3. The van der Waals surface area contributed by atoms with Gasteiger partial charge in [-0.15, -0.1) is 0 Å². The lowest BCUT2D eigenvalue weighted by molar-refractivity contribution is 0.744. The van der Waals surface area contributed by atoms with Gasteiger partial charge in [-0.05, 0) is 136 Å². The van der Waals surface area contributed by atoms with E-state index in [-0.39, 0.29) is 0 Å². The summed E-state index contributed by atoms with van der Waals surface area (Å²) in [6, 6.07) is 38.7. The summed E-state index contributed by atoms with van der Waals surface area (Å²) in [7, 11) is 1.93. The first-order valence-electron chi connectivity index (χ1n) is 20.3. The lowest BCUT2D eigenvalue weighted by atomic mass is 10.00. The third-order valence-corrected chi connectivity index (χ3v) is 9.54. The van der Waals surface area contributed by atoms with E-state index in [4.69, 9.17) is 0 Å². The van der Waals surface area contributed by atoms with Crippen molar-refractivity contribution in [3.05, 3.63) is 166 Å². The number of rotatable bonds is 13. The predicted molar refractivity (Wildman–Crippen MR) is 250 cm³/mol. The molecule has 3 N–H and O–H groups in total. The highest BCUT2D eigenvalue weighted by Gasteiger charge is 2.01. The van der Waals surface area contributed by atoms with E-state index in [1.165, 1.54) is 99.1 Å². The molecule has 0 atom stereocenters. The molecule has 0 bridgehead atoms. The molecule has 5 rings (SSSR count). The highest BCUT2D eigenvalue weighted by atomic mass is 14.9. The third-order valence-electron chi connectivity index (χ3n) is 9.54. The van der Waals surface area contributed by atoms with Gasteiger partial charge in [0.15, 0.2) is 0 Å². The average molecular weight is 738 g/mol. The van der Waals surface area contributed by atoms with Crippen molar-refractivity contribution in [1.82, 2.24) is 0 Å². The van der Waals surface area contributed by atoms with Crippen LogP contribution in [0.15, 0.2) is 116 Å².